The molecule has 26 nitrogen and oxygen atoms in total. The van der Waals surface area contributed by atoms with Crippen molar-refractivity contribution in [2.24, 2.45) is 10.2 Å². The summed E-state index contributed by atoms with van der Waals surface area (Å²) in [7, 11) is 0. The number of aryl methyl sites for hydroxylation is 1. The highest BCUT2D eigenvalue weighted by atomic mass is 35.5. The van der Waals surface area contributed by atoms with E-state index in [1.165, 1.54) is 139 Å². The van der Waals surface area contributed by atoms with E-state index in [-0.39, 0.29) is 58.6 Å². The molecule has 0 saturated carbocycles. The highest BCUT2D eigenvalue weighted by Crippen LogP contribution is 2.40. The summed E-state index contributed by atoms with van der Waals surface area (Å²) in [5.74, 6) is -7.84. The average Bonchev–Trinajstić information content (AvgIpc) is 0.776. The van der Waals surface area contributed by atoms with E-state index < -0.39 is 145 Å². The number of rotatable bonds is 14. The van der Waals surface area contributed by atoms with Gasteiger partial charge in [0.15, 0.2) is 23.0 Å². The van der Waals surface area contributed by atoms with Gasteiger partial charge in [-0.1, -0.05) is 70.1 Å². The number of Topliss-reactive ketones (excluding diaryl/α,β-unsaturated/α-hetero) is 2. The minimum absolute atomic E-state index is 0.00325. The average molecular weight is 1540 g/mol. The van der Waals surface area contributed by atoms with E-state index in [4.69, 9.17) is 86.4 Å². The van der Waals surface area contributed by atoms with E-state index in [2.05, 4.69) is 10.2 Å². The molecule has 0 atom stereocenters. The molecular formula is C73H83Cl5N8O18. The predicted octanol–water partition coefficient (Wildman–Crippen LogP) is 18.4. The largest absolute Gasteiger partial charge is 0.443 e. The molecule has 31 heteroatoms. The van der Waals surface area contributed by atoms with Crippen molar-refractivity contribution >= 4 is 175 Å². The lowest BCUT2D eigenvalue weighted by Crippen LogP contribution is -2.48. The number of imide groups is 4. The van der Waals surface area contributed by atoms with Crippen LogP contribution in [0, 0.1) is 20.8 Å². The smallest absolute Gasteiger partial charge is 0.435 e. The minimum atomic E-state index is -1.65. The molecule has 10 amide bonds. The van der Waals surface area contributed by atoms with Gasteiger partial charge in [-0.05, 0) is 235 Å². The number of benzene rings is 5. The maximum Gasteiger partial charge on any atom is 0.435 e. The fourth-order valence-electron chi connectivity index (χ4n) is 8.95. The first-order chi connectivity index (χ1) is 47.4. The summed E-state index contributed by atoms with van der Waals surface area (Å²) in [6, 6.07) is 17.5. The van der Waals surface area contributed by atoms with Crippen molar-refractivity contribution in [1.82, 2.24) is 0 Å². The monoisotopic (exact) mass is 1530 g/mol. The van der Waals surface area contributed by atoms with Crippen LogP contribution in [-0.4, -0.2) is 117 Å². The second-order valence-corrected chi connectivity index (χ2v) is 31.3. The summed E-state index contributed by atoms with van der Waals surface area (Å²) >= 11 is 33.7. The van der Waals surface area contributed by atoms with Gasteiger partial charge in [-0.15, -0.1) is 0 Å². The number of halogens is 5. The molecular weight excluding hydrogens is 1450 g/mol. The molecule has 5 aromatic carbocycles. The second-order valence-electron chi connectivity index (χ2n) is 29.3. The zero-order valence-electron chi connectivity index (χ0n) is 61.9. The first kappa shape index (κ1) is 85.2. The Morgan fingerprint density at radius 1 is 0.317 bits per heavy atom. The van der Waals surface area contributed by atoms with Crippen molar-refractivity contribution in [2.45, 2.75) is 193 Å². The Hall–Kier alpha value is -9.47. The number of nitrogens with zero attached hydrogens (tertiary/aromatic N) is 8. The lowest BCUT2D eigenvalue weighted by molar-refractivity contribution is -0.117. The van der Waals surface area contributed by atoms with Gasteiger partial charge in [-0.2, -0.15) is 20.2 Å². The van der Waals surface area contributed by atoms with E-state index in [9.17, 15) is 47.9 Å². The third-order valence-corrected chi connectivity index (χ3v) is 15.0. The van der Waals surface area contributed by atoms with Crippen molar-refractivity contribution in [3.63, 3.8) is 0 Å². The van der Waals surface area contributed by atoms with Crippen LogP contribution in [0.3, 0.4) is 0 Å². The van der Waals surface area contributed by atoms with E-state index in [1.807, 2.05) is 0 Å². The van der Waals surface area contributed by atoms with Gasteiger partial charge in [0.1, 0.15) is 33.6 Å². The van der Waals surface area contributed by atoms with Gasteiger partial charge in [-0.3, -0.25) is 28.8 Å². The highest BCUT2D eigenvalue weighted by molar-refractivity contribution is 6.70. The number of hydrogen-bond donors (Lipinski definition) is 0. The van der Waals surface area contributed by atoms with Gasteiger partial charge in [0.2, 0.25) is 0 Å². The van der Waals surface area contributed by atoms with Crippen molar-refractivity contribution in [3.8, 4) is 0 Å². The first-order valence-electron chi connectivity index (χ1n) is 31.9. The summed E-state index contributed by atoms with van der Waals surface area (Å²) in [6.45, 7) is 32.9. The van der Waals surface area contributed by atoms with Crippen LogP contribution >= 0.6 is 58.0 Å². The molecule has 5 rings (SSSR count). The van der Waals surface area contributed by atoms with Crippen LogP contribution in [0.2, 0.25) is 25.1 Å². The number of hydrogen-bond acceptors (Lipinski definition) is 20. The zero-order valence-corrected chi connectivity index (χ0v) is 65.7. The molecule has 0 radical (unpaired) electrons. The lowest BCUT2D eigenvalue weighted by atomic mass is 10.1. The second kappa shape index (κ2) is 32.7. The molecule has 0 aliphatic rings. The third kappa shape index (κ3) is 22.3. The molecule has 0 aliphatic carbocycles. The van der Waals surface area contributed by atoms with Crippen molar-refractivity contribution < 1.29 is 86.0 Å². The number of hydrazone groups is 2. The topological polar surface area (TPSA) is 304 Å². The number of ketones is 2. The summed E-state index contributed by atoms with van der Waals surface area (Å²) in [5.41, 5.74) is -12.9. The van der Waals surface area contributed by atoms with Crippen LogP contribution in [0.25, 0.3) is 0 Å². The molecule has 0 aromatic heterocycles. The Morgan fingerprint density at radius 2 is 0.606 bits per heavy atom. The van der Waals surface area contributed by atoms with Crippen LogP contribution in [0.15, 0.2) is 95.1 Å². The molecule has 0 saturated heterocycles. The standard InChI is InChI=1S/C73H83Cl5N8O18/c1-38-34-53(84(65(96)102-71(15,16)17)61(92)57(42(5)88)80-86(67(98)104-73(21,22)23)55-36-44(31-33-48(55)77)59(90)82(63(94)100-69(9,10)11)51-29-25-27-46(75)40(51)3)49(78)37-52(38)83(64(95)101-70(12,13)14)60(91)56(41(4)87)79-85(66(97)103-72(18,19)20)54-35-43(30-32-47(54)76)58(89)81(62(93)99-68(6,7)8)50-28-24-26-45(74)39(50)2/h24-37H,1-23H3/b79-56+,80-57?. The number of carbonyl (C=O) groups is 12. The van der Waals surface area contributed by atoms with Gasteiger partial charge in [0.25, 0.3) is 23.6 Å². The number of anilines is 6. The van der Waals surface area contributed by atoms with Crippen LogP contribution in [0.5, 0.6) is 0 Å². The molecule has 0 fully saturated rings. The number of amides is 10. The maximum atomic E-state index is 15.5. The molecule has 0 unspecified atom stereocenters. The Bertz CT molecular complexity index is 4100. The van der Waals surface area contributed by atoms with Gasteiger partial charge < -0.3 is 28.4 Å². The van der Waals surface area contributed by atoms with E-state index in [1.54, 1.807) is 55.4 Å². The predicted molar refractivity (Wildman–Crippen MR) is 399 cm³/mol. The van der Waals surface area contributed by atoms with Crippen LogP contribution in [-0.2, 0) is 47.6 Å². The van der Waals surface area contributed by atoms with E-state index in [0.29, 0.717) is 30.3 Å². The summed E-state index contributed by atoms with van der Waals surface area (Å²) in [4.78, 5) is 178. The normalized spacial score (nSPS) is 12.2. The van der Waals surface area contributed by atoms with Gasteiger partial charge in [0.05, 0.1) is 49.2 Å². The Kier molecular flexibility index (Phi) is 26.8. The minimum Gasteiger partial charge on any atom is -0.443 e. The van der Waals surface area contributed by atoms with E-state index in [0.717, 1.165) is 50.2 Å². The fourth-order valence-corrected chi connectivity index (χ4v) is 9.92. The Labute approximate surface area is 628 Å². The summed E-state index contributed by atoms with van der Waals surface area (Å²) < 4.78 is 34.1. The van der Waals surface area contributed by atoms with Crippen LogP contribution in [0.4, 0.5) is 62.9 Å². The van der Waals surface area contributed by atoms with Crippen molar-refractivity contribution in [3.05, 3.63) is 138 Å². The molecule has 104 heavy (non-hydrogen) atoms. The highest BCUT2D eigenvalue weighted by Gasteiger charge is 2.42. The molecule has 0 spiro atoms. The van der Waals surface area contributed by atoms with E-state index >= 15 is 9.59 Å². The quantitative estimate of drug-likeness (QED) is 0.0431. The lowest BCUT2D eigenvalue weighted by Gasteiger charge is -2.30. The molecule has 0 heterocycles. The van der Waals surface area contributed by atoms with Gasteiger partial charge in [0, 0.05) is 35.0 Å². The van der Waals surface area contributed by atoms with Gasteiger partial charge in [-0.25, -0.2) is 48.4 Å². The molecule has 0 N–H and O–H groups in total. The van der Waals surface area contributed by atoms with Gasteiger partial charge >= 0.3 is 36.6 Å². The summed E-state index contributed by atoms with van der Waals surface area (Å²) in [5, 5.41) is 8.11. The molecule has 0 aliphatic heterocycles. The van der Waals surface area contributed by atoms with Crippen molar-refractivity contribution in [1.29, 1.82) is 0 Å². The Morgan fingerprint density at radius 3 is 0.904 bits per heavy atom. The first-order valence-corrected chi connectivity index (χ1v) is 33.8. The number of carbonyl (C=O) groups excluding carboxylic acids is 12. The molecule has 0 bridgehead atoms. The number of ether oxygens (including phenoxy) is 6. The fraction of sp³-hybridized carbons (Fsp3) is 0.397. The van der Waals surface area contributed by atoms with Crippen molar-refractivity contribution in [2.75, 3.05) is 29.6 Å². The molecule has 5 aromatic rings. The third-order valence-electron chi connectivity index (χ3n) is 13.3. The van der Waals surface area contributed by atoms with Crippen LogP contribution in [0.1, 0.15) is 176 Å². The zero-order chi connectivity index (χ0) is 79.3. The van der Waals surface area contributed by atoms with Crippen LogP contribution < -0.4 is 29.6 Å². The molecule has 558 valence electrons. The SMILES string of the molecule is CC(=O)C(=NN(C(=O)OC(C)(C)C)c1cc(C(=O)N(C(=O)OC(C)(C)C)c2cccc(Cl)c2C)ccc1Cl)C(=O)N(C(=O)OC(C)(C)C)c1cc(C)c(N(C(=O)OC(C)(C)C)C(=O)/C(=N/N(C(=O)OC(C)(C)C)c2cc(C(=O)N(C(=O)OC(C)(C)C)c3cccc(Cl)c3C)ccc2Cl)C(C)=O)cc1Cl. The Balaban J connectivity index is 1.80. The maximum absolute atomic E-state index is 15.5. The summed E-state index contributed by atoms with van der Waals surface area (Å²) in [6.07, 6.45) is -8.15.